The molecule has 0 aliphatic carbocycles. The minimum absolute atomic E-state index is 0.129. The van der Waals surface area contributed by atoms with Crippen LogP contribution in [0.5, 0.6) is 0 Å². The number of ketones is 2. The fraction of sp³-hybridized carbons (Fsp3) is 0.636. The second kappa shape index (κ2) is 6.58. The minimum Gasteiger partial charge on any atom is -0.300 e. The van der Waals surface area contributed by atoms with E-state index in [4.69, 9.17) is 0 Å². The highest BCUT2D eigenvalue weighted by Crippen LogP contribution is 2.02. The van der Waals surface area contributed by atoms with Crippen molar-refractivity contribution in [2.24, 2.45) is 0 Å². The number of carbonyl (C=O) groups excluding carboxylic acids is 2. The third-order valence-corrected chi connectivity index (χ3v) is 1.72. The summed E-state index contributed by atoms with van der Waals surface area (Å²) in [6.07, 6.45) is 3.94. The van der Waals surface area contributed by atoms with Crippen molar-refractivity contribution in [3.8, 4) is 0 Å². The summed E-state index contributed by atoms with van der Waals surface area (Å²) in [6, 6.07) is 0. The summed E-state index contributed by atoms with van der Waals surface area (Å²) in [5, 5.41) is 0. The maximum absolute atomic E-state index is 11.1. The number of carbonyl (C=O) groups is 2. The molecule has 13 heavy (non-hydrogen) atoms. The van der Waals surface area contributed by atoms with Gasteiger partial charge in [-0.1, -0.05) is 12.5 Å². The highest BCUT2D eigenvalue weighted by atomic mass is 16.1. The Morgan fingerprint density at radius 2 is 1.77 bits per heavy atom. The zero-order valence-electron chi connectivity index (χ0n) is 8.72. The van der Waals surface area contributed by atoms with Crippen LogP contribution in [0.1, 0.15) is 46.5 Å². The van der Waals surface area contributed by atoms with Crippen LogP contribution in [0.15, 0.2) is 11.6 Å². The topological polar surface area (TPSA) is 34.1 Å². The summed E-state index contributed by atoms with van der Waals surface area (Å²) in [6.45, 7) is 5.64. The lowest BCUT2D eigenvalue weighted by molar-refractivity contribution is -0.119. The van der Waals surface area contributed by atoms with Crippen molar-refractivity contribution in [1.29, 1.82) is 0 Å². The van der Waals surface area contributed by atoms with E-state index < -0.39 is 0 Å². The molecule has 0 aromatic carbocycles. The quantitative estimate of drug-likeness (QED) is 0.592. The van der Waals surface area contributed by atoms with Gasteiger partial charge in [-0.3, -0.25) is 9.59 Å². The molecule has 2 nitrogen and oxygen atoms in total. The normalized spacial score (nSPS) is 9.46. The van der Waals surface area contributed by atoms with E-state index in [1.165, 1.54) is 0 Å². The van der Waals surface area contributed by atoms with E-state index >= 15 is 0 Å². The van der Waals surface area contributed by atoms with Gasteiger partial charge in [0.25, 0.3) is 0 Å². The summed E-state index contributed by atoms with van der Waals surface area (Å²) in [5.74, 6) is 0.369. The first-order valence-corrected chi connectivity index (χ1v) is 4.75. The third-order valence-electron chi connectivity index (χ3n) is 1.72. The maximum atomic E-state index is 11.1. The van der Waals surface area contributed by atoms with Gasteiger partial charge in [0.15, 0.2) is 5.78 Å². The average Bonchev–Trinajstić information content (AvgIpc) is 2.02. The molecule has 0 amide bonds. The molecule has 0 N–H and O–H groups in total. The summed E-state index contributed by atoms with van der Waals surface area (Å²) >= 11 is 0. The third kappa shape index (κ3) is 7.44. The number of hydrogen-bond acceptors (Lipinski definition) is 2. The van der Waals surface area contributed by atoms with Crippen LogP contribution in [-0.4, -0.2) is 11.6 Å². The highest BCUT2D eigenvalue weighted by molar-refractivity contribution is 5.90. The molecule has 0 aliphatic heterocycles. The molecule has 2 heteroatoms. The van der Waals surface area contributed by atoms with Gasteiger partial charge in [0.05, 0.1) is 0 Å². The molecule has 0 radical (unpaired) electrons. The molecular formula is C11H18O2. The van der Waals surface area contributed by atoms with Gasteiger partial charge in [-0.2, -0.15) is 0 Å². The van der Waals surface area contributed by atoms with Gasteiger partial charge < -0.3 is 0 Å². The van der Waals surface area contributed by atoms with Crippen LogP contribution in [0.25, 0.3) is 0 Å². The largest absolute Gasteiger partial charge is 0.300 e. The van der Waals surface area contributed by atoms with Gasteiger partial charge in [-0.25, -0.2) is 0 Å². The Bertz CT molecular complexity index is 210. The molecule has 0 unspecified atom stereocenters. The molecule has 0 heterocycles. The van der Waals surface area contributed by atoms with E-state index in [0.29, 0.717) is 25.7 Å². The predicted molar refractivity (Wildman–Crippen MR) is 53.6 cm³/mol. The van der Waals surface area contributed by atoms with Crippen molar-refractivity contribution in [2.75, 3.05) is 0 Å². The van der Waals surface area contributed by atoms with Crippen molar-refractivity contribution in [2.45, 2.75) is 46.5 Å². The Morgan fingerprint density at radius 3 is 2.23 bits per heavy atom. The zero-order chi connectivity index (χ0) is 10.3. The first-order chi connectivity index (χ1) is 6.06. The number of hydrogen-bond donors (Lipinski definition) is 0. The van der Waals surface area contributed by atoms with E-state index in [2.05, 4.69) is 0 Å². The average molecular weight is 182 g/mol. The minimum atomic E-state index is 0.129. The van der Waals surface area contributed by atoms with Gasteiger partial charge in [0.1, 0.15) is 5.78 Å². The summed E-state index contributed by atoms with van der Waals surface area (Å²) in [5.41, 5.74) is 1.02. The number of allylic oxidation sites excluding steroid dienone is 2. The van der Waals surface area contributed by atoms with Crippen LogP contribution in [0.3, 0.4) is 0 Å². The van der Waals surface area contributed by atoms with Crippen molar-refractivity contribution >= 4 is 11.6 Å². The van der Waals surface area contributed by atoms with Crippen molar-refractivity contribution < 1.29 is 9.59 Å². The SMILES string of the molecule is CCC(=O)CCCC(=O)C=C(C)C. The number of Topliss-reactive ketones (excluding diaryl/α,β-unsaturated/α-hetero) is 1. The van der Waals surface area contributed by atoms with E-state index in [1.54, 1.807) is 6.08 Å². The standard InChI is InChI=1S/C11H18O2/c1-4-10(12)6-5-7-11(13)8-9(2)3/h8H,4-7H2,1-3H3. The number of rotatable bonds is 6. The van der Waals surface area contributed by atoms with E-state index in [1.807, 2.05) is 20.8 Å². The summed E-state index contributed by atoms with van der Waals surface area (Å²) in [4.78, 5) is 22.0. The Labute approximate surface area is 80.0 Å². The van der Waals surface area contributed by atoms with E-state index in [0.717, 1.165) is 5.57 Å². The molecule has 0 saturated carbocycles. The predicted octanol–water partition coefficient (Wildman–Crippen LogP) is 2.67. The van der Waals surface area contributed by atoms with Crippen molar-refractivity contribution in [1.82, 2.24) is 0 Å². The highest BCUT2D eigenvalue weighted by Gasteiger charge is 2.01. The molecule has 0 saturated heterocycles. The van der Waals surface area contributed by atoms with E-state index in [-0.39, 0.29) is 11.6 Å². The van der Waals surface area contributed by atoms with Gasteiger partial charge >= 0.3 is 0 Å². The van der Waals surface area contributed by atoms with Crippen LogP contribution in [-0.2, 0) is 9.59 Å². The molecule has 74 valence electrons. The fourth-order valence-corrected chi connectivity index (χ4v) is 1.03. The van der Waals surface area contributed by atoms with Gasteiger partial charge in [0, 0.05) is 19.3 Å². The van der Waals surface area contributed by atoms with Gasteiger partial charge in [0.2, 0.25) is 0 Å². The molecule has 0 rings (SSSR count). The molecule has 0 aliphatic rings. The van der Waals surface area contributed by atoms with Crippen molar-refractivity contribution in [3.63, 3.8) is 0 Å². The molecule has 0 atom stereocenters. The zero-order valence-corrected chi connectivity index (χ0v) is 8.72. The lowest BCUT2D eigenvalue weighted by Crippen LogP contribution is -1.98. The monoisotopic (exact) mass is 182 g/mol. The summed E-state index contributed by atoms with van der Waals surface area (Å²) in [7, 11) is 0. The van der Waals surface area contributed by atoms with Gasteiger partial charge in [-0.05, 0) is 26.3 Å². The smallest absolute Gasteiger partial charge is 0.155 e. The van der Waals surface area contributed by atoms with Crippen LogP contribution in [0.2, 0.25) is 0 Å². The first kappa shape index (κ1) is 12.1. The van der Waals surface area contributed by atoms with E-state index in [9.17, 15) is 9.59 Å². The van der Waals surface area contributed by atoms with Gasteiger partial charge in [-0.15, -0.1) is 0 Å². The van der Waals surface area contributed by atoms with Crippen LogP contribution in [0.4, 0.5) is 0 Å². The second-order valence-corrected chi connectivity index (χ2v) is 3.43. The van der Waals surface area contributed by atoms with Crippen LogP contribution in [0, 0.1) is 0 Å². The fourth-order valence-electron chi connectivity index (χ4n) is 1.03. The molecule has 0 aromatic heterocycles. The molecular weight excluding hydrogens is 164 g/mol. The maximum Gasteiger partial charge on any atom is 0.155 e. The van der Waals surface area contributed by atoms with Crippen LogP contribution >= 0.6 is 0 Å². The molecule has 0 spiro atoms. The Morgan fingerprint density at radius 1 is 1.15 bits per heavy atom. The Hall–Kier alpha value is -0.920. The molecule has 0 aromatic rings. The molecule has 0 fully saturated rings. The molecule has 0 bridgehead atoms. The lowest BCUT2D eigenvalue weighted by Gasteiger charge is -1.96. The summed E-state index contributed by atoms with van der Waals surface area (Å²) < 4.78 is 0. The Kier molecular flexibility index (Phi) is 6.11. The first-order valence-electron chi connectivity index (χ1n) is 4.75. The Balaban J connectivity index is 3.60. The van der Waals surface area contributed by atoms with Crippen molar-refractivity contribution in [3.05, 3.63) is 11.6 Å². The lowest BCUT2D eigenvalue weighted by atomic mass is 10.1. The second-order valence-electron chi connectivity index (χ2n) is 3.43. The van der Waals surface area contributed by atoms with Crippen LogP contribution < -0.4 is 0 Å².